The van der Waals surface area contributed by atoms with Crippen molar-refractivity contribution in [2.75, 3.05) is 26.7 Å². The van der Waals surface area contributed by atoms with Crippen molar-refractivity contribution in [2.45, 2.75) is 30.7 Å². The third kappa shape index (κ3) is 4.07. The van der Waals surface area contributed by atoms with Crippen LogP contribution >= 0.6 is 0 Å². The summed E-state index contributed by atoms with van der Waals surface area (Å²) in [6, 6.07) is 3.95. The van der Waals surface area contributed by atoms with Gasteiger partial charge in [-0.2, -0.15) is 4.31 Å². The van der Waals surface area contributed by atoms with Crippen molar-refractivity contribution in [1.29, 1.82) is 0 Å². The quantitative estimate of drug-likeness (QED) is 0.871. The average molecular weight is 344 g/mol. The first-order chi connectivity index (χ1) is 10.7. The van der Waals surface area contributed by atoms with Gasteiger partial charge in [-0.3, -0.25) is 9.69 Å². The number of piperidine rings is 1. The molecule has 1 saturated heterocycles. The smallest absolute Gasteiger partial charge is 0.317 e. The van der Waals surface area contributed by atoms with Gasteiger partial charge in [0.2, 0.25) is 10.0 Å². The molecule has 0 aromatic heterocycles. The van der Waals surface area contributed by atoms with Gasteiger partial charge < -0.3 is 5.11 Å². The Labute approximate surface area is 135 Å². The Balaban J connectivity index is 2.06. The Morgan fingerprint density at radius 1 is 1.39 bits per heavy atom. The molecule has 1 heterocycles. The van der Waals surface area contributed by atoms with E-state index in [4.69, 9.17) is 5.11 Å². The lowest BCUT2D eigenvalue weighted by molar-refractivity contribution is -0.138. The molecule has 1 aliphatic rings. The van der Waals surface area contributed by atoms with Gasteiger partial charge in [-0.25, -0.2) is 12.8 Å². The predicted molar refractivity (Wildman–Crippen MR) is 83.2 cm³/mol. The number of benzene rings is 1. The molecule has 0 spiro atoms. The second-order valence-electron chi connectivity index (χ2n) is 5.86. The summed E-state index contributed by atoms with van der Waals surface area (Å²) in [6.45, 7) is 2.11. The Kier molecular flexibility index (Phi) is 5.38. The zero-order valence-corrected chi connectivity index (χ0v) is 14.0. The molecule has 1 aliphatic heterocycles. The van der Waals surface area contributed by atoms with E-state index in [1.165, 1.54) is 16.4 Å². The number of aryl methyl sites for hydroxylation is 1. The lowest BCUT2D eigenvalue weighted by Gasteiger charge is -2.35. The van der Waals surface area contributed by atoms with Crippen LogP contribution in [0.15, 0.2) is 23.1 Å². The Morgan fingerprint density at radius 2 is 2.00 bits per heavy atom. The molecule has 0 atom stereocenters. The highest BCUT2D eigenvalue weighted by Gasteiger charge is 2.31. The highest BCUT2D eigenvalue weighted by Crippen LogP contribution is 2.23. The molecule has 23 heavy (non-hydrogen) atoms. The van der Waals surface area contributed by atoms with Crippen molar-refractivity contribution < 1.29 is 22.7 Å². The minimum Gasteiger partial charge on any atom is -0.480 e. The van der Waals surface area contributed by atoms with Crippen molar-refractivity contribution in [3.63, 3.8) is 0 Å². The summed E-state index contributed by atoms with van der Waals surface area (Å²) in [7, 11) is -1.99. The number of carbonyl (C=O) groups is 1. The summed E-state index contributed by atoms with van der Waals surface area (Å²) < 4.78 is 40.1. The van der Waals surface area contributed by atoms with Crippen LogP contribution in [0.1, 0.15) is 18.4 Å². The van der Waals surface area contributed by atoms with Crippen LogP contribution in [0.3, 0.4) is 0 Å². The summed E-state index contributed by atoms with van der Waals surface area (Å²) in [5, 5.41) is 8.81. The van der Waals surface area contributed by atoms with Gasteiger partial charge in [-0.1, -0.05) is 6.07 Å². The molecule has 1 fully saturated rings. The lowest BCUT2D eigenvalue weighted by atomic mass is 10.1. The molecule has 6 nitrogen and oxygen atoms in total. The molecule has 0 saturated carbocycles. The van der Waals surface area contributed by atoms with Crippen molar-refractivity contribution >= 4 is 16.0 Å². The number of likely N-dealkylation sites (N-methyl/N-ethyl adjacent to an activating group) is 1. The molecule has 1 N–H and O–H groups in total. The van der Waals surface area contributed by atoms with Crippen LogP contribution in [0.2, 0.25) is 0 Å². The van der Waals surface area contributed by atoms with Crippen LogP contribution in [0, 0.1) is 12.7 Å². The number of rotatable bonds is 5. The maximum absolute atomic E-state index is 13.6. The fourth-order valence-corrected chi connectivity index (χ4v) is 4.23. The van der Waals surface area contributed by atoms with E-state index in [0.717, 1.165) is 6.07 Å². The fourth-order valence-electron chi connectivity index (χ4n) is 2.75. The van der Waals surface area contributed by atoms with Crippen LogP contribution in [0.5, 0.6) is 0 Å². The maximum atomic E-state index is 13.6. The summed E-state index contributed by atoms with van der Waals surface area (Å²) in [6.07, 6.45) is 1.11. The average Bonchev–Trinajstić information content (AvgIpc) is 2.49. The predicted octanol–water partition coefficient (Wildman–Crippen LogP) is 1.30. The molecule has 128 valence electrons. The molecule has 0 amide bonds. The SMILES string of the molecule is Cc1ccc(S(=O)(=O)N2CCC(N(C)CC(=O)O)CC2)cc1F. The third-order valence-electron chi connectivity index (χ3n) is 4.21. The molecule has 0 bridgehead atoms. The van der Waals surface area contributed by atoms with E-state index in [0.29, 0.717) is 31.5 Å². The van der Waals surface area contributed by atoms with Gasteiger partial charge in [0.1, 0.15) is 5.82 Å². The number of nitrogens with zero attached hydrogens (tertiary/aromatic N) is 2. The number of halogens is 1. The van der Waals surface area contributed by atoms with Gasteiger partial charge in [0, 0.05) is 19.1 Å². The lowest BCUT2D eigenvalue weighted by Crippen LogP contribution is -2.46. The number of aliphatic carboxylic acids is 1. The van der Waals surface area contributed by atoms with Crippen LogP contribution < -0.4 is 0 Å². The number of carboxylic acid groups (broad SMARTS) is 1. The summed E-state index contributed by atoms with van der Waals surface area (Å²) in [5.74, 6) is -1.44. The third-order valence-corrected chi connectivity index (χ3v) is 6.11. The fraction of sp³-hybridized carbons (Fsp3) is 0.533. The van der Waals surface area contributed by atoms with E-state index in [9.17, 15) is 17.6 Å². The highest BCUT2D eigenvalue weighted by molar-refractivity contribution is 7.89. The summed E-state index contributed by atoms with van der Waals surface area (Å²) in [4.78, 5) is 12.4. The number of hydrogen-bond donors (Lipinski definition) is 1. The van der Waals surface area contributed by atoms with Crippen molar-refractivity contribution in [1.82, 2.24) is 9.21 Å². The van der Waals surface area contributed by atoms with Crippen molar-refractivity contribution in [3.8, 4) is 0 Å². The van der Waals surface area contributed by atoms with E-state index in [1.807, 2.05) is 0 Å². The molecule has 0 unspecified atom stereocenters. The van der Waals surface area contributed by atoms with E-state index < -0.39 is 21.8 Å². The Morgan fingerprint density at radius 3 is 2.52 bits per heavy atom. The molecule has 8 heteroatoms. The first-order valence-electron chi connectivity index (χ1n) is 7.40. The molecule has 1 aromatic carbocycles. The van der Waals surface area contributed by atoms with Crippen LogP contribution in [0.25, 0.3) is 0 Å². The van der Waals surface area contributed by atoms with Crippen molar-refractivity contribution in [3.05, 3.63) is 29.6 Å². The molecule has 0 aliphatic carbocycles. The standard InChI is InChI=1S/C15H21FN2O4S/c1-11-3-4-13(9-14(11)16)23(21,22)18-7-5-12(6-8-18)17(2)10-15(19)20/h3-4,9,12H,5-8,10H2,1-2H3,(H,19,20). The molecule has 0 radical (unpaired) electrons. The summed E-state index contributed by atoms with van der Waals surface area (Å²) >= 11 is 0. The van der Waals surface area contributed by atoms with E-state index in [2.05, 4.69) is 0 Å². The van der Waals surface area contributed by atoms with E-state index in [-0.39, 0.29) is 17.5 Å². The second-order valence-corrected chi connectivity index (χ2v) is 7.79. The van der Waals surface area contributed by atoms with Crippen LogP contribution in [0.4, 0.5) is 4.39 Å². The molecule has 2 rings (SSSR count). The van der Waals surface area contributed by atoms with Gasteiger partial charge in [-0.15, -0.1) is 0 Å². The van der Waals surface area contributed by atoms with Crippen LogP contribution in [-0.4, -0.2) is 61.4 Å². The first kappa shape index (κ1) is 17.8. The van der Waals surface area contributed by atoms with Crippen molar-refractivity contribution in [2.24, 2.45) is 0 Å². The minimum atomic E-state index is -3.71. The maximum Gasteiger partial charge on any atom is 0.317 e. The normalized spacial score (nSPS) is 17.6. The highest BCUT2D eigenvalue weighted by atomic mass is 32.2. The first-order valence-corrected chi connectivity index (χ1v) is 8.84. The topological polar surface area (TPSA) is 77.9 Å². The largest absolute Gasteiger partial charge is 0.480 e. The molecule has 1 aromatic rings. The molecular weight excluding hydrogens is 323 g/mol. The monoisotopic (exact) mass is 344 g/mol. The zero-order chi connectivity index (χ0) is 17.2. The van der Waals surface area contributed by atoms with E-state index in [1.54, 1.807) is 18.9 Å². The number of sulfonamides is 1. The second kappa shape index (κ2) is 6.94. The number of carboxylic acids is 1. The van der Waals surface area contributed by atoms with E-state index >= 15 is 0 Å². The Bertz CT molecular complexity index is 685. The van der Waals surface area contributed by atoms with Gasteiger partial charge in [0.25, 0.3) is 0 Å². The Hall–Kier alpha value is -1.51. The van der Waals surface area contributed by atoms with Crippen LogP contribution in [-0.2, 0) is 14.8 Å². The molecular formula is C15H21FN2O4S. The zero-order valence-electron chi connectivity index (χ0n) is 13.2. The van der Waals surface area contributed by atoms with Gasteiger partial charge in [0.05, 0.1) is 11.4 Å². The number of hydrogen-bond acceptors (Lipinski definition) is 4. The van der Waals surface area contributed by atoms with Gasteiger partial charge in [0.15, 0.2) is 0 Å². The van der Waals surface area contributed by atoms with Gasteiger partial charge in [-0.05, 0) is 44.5 Å². The van der Waals surface area contributed by atoms with Gasteiger partial charge >= 0.3 is 5.97 Å². The summed E-state index contributed by atoms with van der Waals surface area (Å²) in [5.41, 5.74) is 0.401. The minimum absolute atomic E-state index is 0.0345.